The molecule has 6 nitrogen and oxygen atoms in total. The highest BCUT2D eigenvalue weighted by Gasteiger charge is 2.25. The summed E-state index contributed by atoms with van der Waals surface area (Å²) in [5, 5.41) is 0. The van der Waals surface area contributed by atoms with Crippen LogP contribution in [0, 0.1) is 0 Å². The molecule has 0 saturated carbocycles. The van der Waals surface area contributed by atoms with E-state index < -0.39 is 0 Å². The van der Waals surface area contributed by atoms with Gasteiger partial charge in [0.15, 0.2) is 11.5 Å². The van der Waals surface area contributed by atoms with E-state index in [0.717, 1.165) is 44.2 Å². The van der Waals surface area contributed by atoms with Gasteiger partial charge in [-0.3, -0.25) is 14.6 Å². The van der Waals surface area contributed by atoms with Crippen molar-refractivity contribution in [1.29, 1.82) is 0 Å². The van der Waals surface area contributed by atoms with Crippen molar-refractivity contribution in [2.45, 2.75) is 12.6 Å². The van der Waals surface area contributed by atoms with Crippen LogP contribution in [0.25, 0.3) is 0 Å². The molecule has 1 fully saturated rings. The summed E-state index contributed by atoms with van der Waals surface area (Å²) in [6.45, 7) is 5.93. The molecule has 0 bridgehead atoms. The molecule has 1 unspecified atom stereocenters. The molecule has 6 heteroatoms. The fourth-order valence-electron chi connectivity index (χ4n) is 3.89. The second-order valence-corrected chi connectivity index (χ2v) is 7.84. The Hall–Kier alpha value is -2.57. The number of likely N-dealkylation sites (N-methyl/N-ethyl adjacent to an activating group) is 1. The molecule has 2 aliphatic heterocycles. The van der Waals surface area contributed by atoms with Crippen molar-refractivity contribution in [3.05, 3.63) is 60.2 Å². The fourth-order valence-corrected chi connectivity index (χ4v) is 3.89. The zero-order chi connectivity index (χ0) is 20.1. The average Bonchev–Trinajstić information content (AvgIpc) is 2.75. The van der Waals surface area contributed by atoms with E-state index in [4.69, 9.17) is 9.47 Å². The van der Waals surface area contributed by atoms with Gasteiger partial charge < -0.3 is 14.4 Å². The van der Waals surface area contributed by atoms with Gasteiger partial charge in [0.2, 0.25) is 5.91 Å². The summed E-state index contributed by atoms with van der Waals surface area (Å²) in [6, 6.07) is 18.2. The number of carbonyl (C=O) groups excluding carboxylic acids is 1. The molecule has 2 aliphatic rings. The number of nitrogens with zero attached hydrogens (tertiary/aromatic N) is 3. The number of hydrogen-bond donors (Lipinski definition) is 0. The van der Waals surface area contributed by atoms with E-state index in [2.05, 4.69) is 29.2 Å². The van der Waals surface area contributed by atoms with Crippen molar-refractivity contribution in [2.75, 3.05) is 52.9 Å². The lowest BCUT2D eigenvalue weighted by Gasteiger charge is -2.36. The minimum Gasteiger partial charge on any atom is -0.486 e. The summed E-state index contributed by atoms with van der Waals surface area (Å²) in [5.41, 5.74) is 1.32. The molecular weight excluding hydrogens is 366 g/mol. The summed E-state index contributed by atoms with van der Waals surface area (Å²) >= 11 is 0. The van der Waals surface area contributed by atoms with Gasteiger partial charge in [-0.25, -0.2) is 0 Å². The Morgan fingerprint density at radius 2 is 1.69 bits per heavy atom. The van der Waals surface area contributed by atoms with Crippen LogP contribution in [0.15, 0.2) is 54.6 Å². The Morgan fingerprint density at radius 3 is 2.45 bits per heavy atom. The Kier molecular flexibility index (Phi) is 6.32. The predicted molar refractivity (Wildman–Crippen MR) is 112 cm³/mol. The summed E-state index contributed by atoms with van der Waals surface area (Å²) in [4.78, 5) is 19.1. The monoisotopic (exact) mass is 395 g/mol. The van der Waals surface area contributed by atoms with Gasteiger partial charge in [0.25, 0.3) is 0 Å². The Balaban J connectivity index is 1.20. The smallest absolute Gasteiger partial charge is 0.236 e. The first-order valence-corrected chi connectivity index (χ1v) is 10.3. The van der Waals surface area contributed by atoms with Gasteiger partial charge in [-0.15, -0.1) is 0 Å². The van der Waals surface area contributed by atoms with E-state index in [9.17, 15) is 4.79 Å². The molecule has 2 heterocycles. The van der Waals surface area contributed by atoms with Gasteiger partial charge in [-0.05, 0) is 24.7 Å². The van der Waals surface area contributed by atoms with E-state index in [1.807, 2.05) is 47.2 Å². The highest BCUT2D eigenvalue weighted by atomic mass is 16.6. The third-order valence-corrected chi connectivity index (χ3v) is 5.46. The zero-order valence-electron chi connectivity index (χ0n) is 17.0. The molecule has 4 rings (SSSR count). The highest BCUT2D eigenvalue weighted by Crippen LogP contribution is 2.30. The van der Waals surface area contributed by atoms with Crippen LogP contribution in [0.3, 0.4) is 0 Å². The Bertz CT molecular complexity index is 806. The second-order valence-electron chi connectivity index (χ2n) is 7.84. The van der Waals surface area contributed by atoms with Gasteiger partial charge in [0.1, 0.15) is 12.7 Å². The number of rotatable bonds is 6. The third-order valence-electron chi connectivity index (χ3n) is 5.46. The van der Waals surface area contributed by atoms with Crippen LogP contribution < -0.4 is 9.47 Å². The number of para-hydroxylation sites is 2. The molecular formula is C23H29N3O3. The van der Waals surface area contributed by atoms with Crippen molar-refractivity contribution in [3.8, 4) is 11.5 Å². The van der Waals surface area contributed by atoms with E-state index in [1.54, 1.807) is 0 Å². The van der Waals surface area contributed by atoms with Crippen LogP contribution in [-0.4, -0.2) is 79.6 Å². The average molecular weight is 396 g/mol. The largest absolute Gasteiger partial charge is 0.486 e. The van der Waals surface area contributed by atoms with Gasteiger partial charge >= 0.3 is 0 Å². The lowest BCUT2D eigenvalue weighted by molar-refractivity contribution is -0.134. The number of ether oxygens (including phenoxy) is 2. The molecule has 0 aromatic heterocycles. The van der Waals surface area contributed by atoms with Crippen molar-refractivity contribution in [1.82, 2.24) is 14.7 Å². The molecule has 2 aromatic carbocycles. The van der Waals surface area contributed by atoms with Crippen LogP contribution >= 0.6 is 0 Å². The first-order chi connectivity index (χ1) is 14.2. The third kappa shape index (κ3) is 5.28. The molecule has 1 atom stereocenters. The van der Waals surface area contributed by atoms with Gasteiger partial charge in [0, 0.05) is 39.3 Å². The number of benzene rings is 2. The van der Waals surface area contributed by atoms with Crippen molar-refractivity contribution >= 4 is 5.91 Å². The number of piperazine rings is 1. The number of hydrogen-bond acceptors (Lipinski definition) is 5. The SMILES string of the molecule is CN(CC(=O)N1CCN(Cc2ccccc2)CC1)CC1COc2ccccc2O1. The molecule has 0 radical (unpaired) electrons. The van der Waals surface area contributed by atoms with Crippen LogP contribution in [0.1, 0.15) is 5.56 Å². The van der Waals surface area contributed by atoms with Crippen LogP contribution in [0.5, 0.6) is 11.5 Å². The minimum atomic E-state index is -0.0644. The second kappa shape index (κ2) is 9.29. The molecule has 1 amide bonds. The quantitative estimate of drug-likeness (QED) is 0.750. The first-order valence-electron chi connectivity index (χ1n) is 10.3. The van der Waals surface area contributed by atoms with Crippen molar-refractivity contribution in [2.24, 2.45) is 0 Å². The Morgan fingerprint density at radius 1 is 1.00 bits per heavy atom. The van der Waals surface area contributed by atoms with E-state index >= 15 is 0 Å². The molecule has 0 N–H and O–H groups in total. The van der Waals surface area contributed by atoms with Crippen LogP contribution in [0.2, 0.25) is 0 Å². The molecule has 1 saturated heterocycles. The summed E-state index contributed by atoms with van der Waals surface area (Å²) in [6.07, 6.45) is -0.0644. The topological polar surface area (TPSA) is 45.3 Å². The summed E-state index contributed by atoms with van der Waals surface area (Å²) in [7, 11) is 1.97. The Labute approximate surface area is 172 Å². The molecule has 0 aliphatic carbocycles. The van der Waals surface area contributed by atoms with E-state index in [0.29, 0.717) is 19.7 Å². The lowest BCUT2D eigenvalue weighted by atomic mass is 10.2. The zero-order valence-corrected chi connectivity index (χ0v) is 17.0. The maximum atomic E-state index is 12.7. The first kappa shape index (κ1) is 19.7. The van der Waals surface area contributed by atoms with Crippen molar-refractivity contribution < 1.29 is 14.3 Å². The van der Waals surface area contributed by atoms with E-state index in [-0.39, 0.29) is 12.0 Å². The maximum absolute atomic E-state index is 12.7. The molecule has 2 aromatic rings. The van der Waals surface area contributed by atoms with E-state index in [1.165, 1.54) is 5.56 Å². The predicted octanol–water partition coefficient (Wildman–Crippen LogP) is 2.10. The fraction of sp³-hybridized carbons (Fsp3) is 0.435. The number of fused-ring (bicyclic) bond motifs is 1. The highest BCUT2D eigenvalue weighted by molar-refractivity contribution is 5.78. The van der Waals surface area contributed by atoms with Crippen molar-refractivity contribution in [3.63, 3.8) is 0 Å². The molecule has 0 spiro atoms. The maximum Gasteiger partial charge on any atom is 0.236 e. The van der Waals surface area contributed by atoms with Crippen LogP contribution in [-0.2, 0) is 11.3 Å². The summed E-state index contributed by atoms with van der Waals surface area (Å²) in [5.74, 6) is 1.75. The number of carbonyl (C=O) groups is 1. The molecule has 29 heavy (non-hydrogen) atoms. The van der Waals surface area contributed by atoms with Gasteiger partial charge in [0.05, 0.1) is 6.54 Å². The standard InChI is InChI=1S/C23H29N3O3/c1-24(16-20-18-28-21-9-5-6-10-22(21)29-20)17-23(27)26-13-11-25(12-14-26)15-19-7-3-2-4-8-19/h2-10,20H,11-18H2,1H3. The van der Waals surface area contributed by atoms with Gasteiger partial charge in [-0.2, -0.15) is 0 Å². The lowest BCUT2D eigenvalue weighted by Crippen LogP contribution is -2.51. The summed E-state index contributed by atoms with van der Waals surface area (Å²) < 4.78 is 11.8. The molecule has 154 valence electrons. The number of amides is 1. The van der Waals surface area contributed by atoms with Crippen LogP contribution in [0.4, 0.5) is 0 Å². The van der Waals surface area contributed by atoms with Gasteiger partial charge in [-0.1, -0.05) is 42.5 Å². The minimum absolute atomic E-state index is 0.0644. The normalized spacial score (nSPS) is 19.4.